The summed E-state index contributed by atoms with van der Waals surface area (Å²) in [5, 5.41) is 9.93. The first kappa shape index (κ1) is 10.4. The van der Waals surface area contributed by atoms with Crippen molar-refractivity contribution in [3.63, 3.8) is 0 Å². The summed E-state index contributed by atoms with van der Waals surface area (Å²) in [6.45, 7) is 0. The number of carboxylic acids is 1. The molecule has 2 aromatic heterocycles. The summed E-state index contributed by atoms with van der Waals surface area (Å²) >= 11 is 1.25. The standard InChI is InChI=1S/C12H10N2O2S/c15-12(16)10-9(7-1-2-7)14-11(17-10)8-3-5-13-6-4-8/h3-7H,1-2H2,(H,15,16). The molecule has 0 bridgehead atoms. The van der Waals surface area contributed by atoms with E-state index >= 15 is 0 Å². The van der Waals surface area contributed by atoms with Crippen LogP contribution in [-0.4, -0.2) is 21.0 Å². The number of aromatic carboxylic acids is 1. The number of carboxylic acid groups (broad SMARTS) is 1. The van der Waals surface area contributed by atoms with Gasteiger partial charge in [0.25, 0.3) is 0 Å². The Labute approximate surface area is 102 Å². The molecule has 5 heteroatoms. The Morgan fingerprint density at radius 1 is 1.35 bits per heavy atom. The topological polar surface area (TPSA) is 63.1 Å². The summed E-state index contributed by atoms with van der Waals surface area (Å²) in [6.07, 6.45) is 5.49. The molecule has 1 aliphatic rings. The number of nitrogens with zero attached hydrogens (tertiary/aromatic N) is 2. The van der Waals surface area contributed by atoms with Crippen molar-refractivity contribution in [2.45, 2.75) is 18.8 Å². The highest BCUT2D eigenvalue weighted by molar-refractivity contribution is 7.17. The van der Waals surface area contributed by atoms with Gasteiger partial charge in [-0.15, -0.1) is 11.3 Å². The molecule has 1 aliphatic carbocycles. The molecule has 3 rings (SSSR count). The number of thiazole rings is 1. The molecule has 0 unspecified atom stereocenters. The number of hydrogen-bond donors (Lipinski definition) is 1. The van der Waals surface area contributed by atoms with Gasteiger partial charge in [-0.05, 0) is 25.0 Å². The minimum absolute atomic E-state index is 0.355. The van der Waals surface area contributed by atoms with Gasteiger partial charge in [0.15, 0.2) is 0 Å². The van der Waals surface area contributed by atoms with Gasteiger partial charge >= 0.3 is 5.97 Å². The van der Waals surface area contributed by atoms with E-state index in [0.29, 0.717) is 10.8 Å². The summed E-state index contributed by atoms with van der Waals surface area (Å²) in [6, 6.07) is 3.70. The Morgan fingerprint density at radius 3 is 2.65 bits per heavy atom. The Morgan fingerprint density at radius 2 is 2.06 bits per heavy atom. The predicted molar refractivity (Wildman–Crippen MR) is 64.3 cm³/mol. The Bertz CT molecular complexity index is 561. The fourth-order valence-electron chi connectivity index (χ4n) is 1.74. The SMILES string of the molecule is O=C(O)c1sc(-c2ccncc2)nc1C1CC1. The molecule has 0 spiro atoms. The highest BCUT2D eigenvalue weighted by Gasteiger charge is 2.32. The van der Waals surface area contributed by atoms with Gasteiger partial charge in [-0.3, -0.25) is 4.98 Å². The van der Waals surface area contributed by atoms with E-state index in [-0.39, 0.29) is 0 Å². The van der Waals surface area contributed by atoms with Gasteiger partial charge in [-0.1, -0.05) is 0 Å². The van der Waals surface area contributed by atoms with E-state index in [4.69, 9.17) is 5.11 Å². The van der Waals surface area contributed by atoms with Crippen molar-refractivity contribution in [1.29, 1.82) is 0 Å². The highest BCUT2D eigenvalue weighted by atomic mass is 32.1. The molecule has 0 atom stereocenters. The van der Waals surface area contributed by atoms with E-state index in [0.717, 1.165) is 29.1 Å². The van der Waals surface area contributed by atoms with E-state index in [2.05, 4.69) is 9.97 Å². The molecule has 1 N–H and O–H groups in total. The zero-order chi connectivity index (χ0) is 11.8. The first-order valence-corrected chi connectivity index (χ1v) is 6.22. The fourth-order valence-corrected chi connectivity index (χ4v) is 2.73. The quantitative estimate of drug-likeness (QED) is 0.904. The van der Waals surface area contributed by atoms with Crippen molar-refractivity contribution in [1.82, 2.24) is 9.97 Å². The number of carbonyl (C=O) groups is 1. The van der Waals surface area contributed by atoms with Crippen LogP contribution in [0.5, 0.6) is 0 Å². The van der Waals surface area contributed by atoms with Gasteiger partial charge in [0.05, 0.1) is 5.69 Å². The Kier molecular flexibility index (Phi) is 2.40. The van der Waals surface area contributed by atoms with Gasteiger partial charge in [0.2, 0.25) is 0 Å². The van der Waals surface area contributed by atoms with Crippen LogP contribution in [0.15, 0.2) is 24.5 Å². The average molecular weight is 246 g/mol. The molecule has 1 fully saturated rings. The highest BCUT2D eigenvalue weighted by Crippen LogP contribution is 2.44. The van der Waals surface area contributed by atoms with E-state index < -0.39 is 5.97 Å². The predicted octanol–water partition coefficient (Wildman–Crippen LogP) is 2.78. The summed E-state index contributed by atoms with van der Waals surface area (Å²) in [7, 11) is 0. The molecule has 0 radical (unpaired) electrons. The average Bonchev–Trinajstić information content (AvgIpc) is 3.09. The van der Waals surface area contributed by atoms with Crippen molar-refractivity contribution in [2.24, 2.45) is 0 Å². The minimum atomic E-state index is -0.871. The van der Waals surface area contributed by atoms with E-state index in [9.17, 15) is 4.79 Å². The van der Waals surface area contributed by atoms with Gasteiger partial charge in [-0.25, -0.2) is 9.78 Å². The number of pyridine rings is 1. The Hall–Kier alpha value is -1.75. The van der Waals surface area contributed by atoms with Gasteiger partial charge in [-0.2, -0.15) is 0 Å². The maximum absolute atomic E-state index is 11.2. The molecule has 2 aromatic rings. The monoisotopic (exact) mass is 246 g/mol. The third-order valence-corrected chi connectivity index (χ3v) is 3.85. The summed E-state index contributed by atoms with van der Waals surface area (Å²) in [4.78, 5) is 20.0. The van der Waals surface area contributed by atoms with Crippen molar-refractivity contribution >= 4 is 17.3 Å². The van der Waals surface area contributed by atoms with Crippen LogP contribution in [0, 0.1) is 0 Å². The molecule has 0 saturated heterocycles. The van der Waals surface area contributed by atoms with Gasteiger partial charge in [0, 0.05) is 23.9 Å². The van der Waals surface area contributed by atoms with Crippen LogP contribution >= 0.6 is 11.3 Å². The molecule has 1 saturated carbocycles. The van der Waals surface area contributed by atoms with Crippen LogP contribution in [0.2, 0.25) is 0 Å². The largest absolute Gasteiger partial charge is 0.477 e. The smallest absolute Gasteiger partial charge is 0.347 e. The lowest BCUT2D eigenvalue weighted by atomic mass is 10.2. The van der Waals surface area contributed by atoms with Crippen LogP contribution in [0.1, 0.15) is 34.1 Å². The molecule has 4 nitrogen and oxygen atoms in total. The van der Waals surface area contributed by atoms with Gasteiger partial charge < -0.3 is 5.11 Å². The van der Waals surface area contributed by atoms with E-state index in [1.807, 2.05) is 12.1 Å². The van der Waals surface area contributed by atoms with Crippen LogP contribution in [0.25, 0.3) is 10.6 Å². The summed E-state index contributed by atoms with van der Waals surface area (Å²) in [5.74, 6) is -0.516. The molecule has 0 aliphatic heterocycles. The number of hydrogen-bond acceptors (Lipinski definition) is 4. The first-order chi connectivity index (χ1) is 8.25. The first-order valence-electron chi connectivity index (χ1n) is 5.40. The van der Waals surface area contributed by atoms with Crippen molar-refractivity contribution in [2.75, 3.05) is 0 Å². The lowest BCUT2D eigenvalue weighted by Crippen LogP contribution is -1.97. The van der Waals surface area contributed by atoms with Crippen molar-refractivity contribution in [3.8, 4) is 10.6 Å². The number of rotatable bonds is 3. The van der Waals surface area contributed by atoms with E-state index in [1.165, 1.54) is 11.3 Å². The lowest BCUT2D eigenvalue weighted by Gasteiger charge is -1.93. The summed E-state index contributed by atoms with van der Waals surface area (Å²) in [5.41, 5.74) is 1.69. The van der Waals surface area contributed by atoms with Crippen molar-refractivity contribution < 1.29 is 9.90 Å². The molecule has 17 heavy (non-hydrogen) atoms. The lowest BCUT2D eigenvalue weighted by molar-refractivity contribution is 0.0700. The molecular formula is C12H10N2O2S. The second-order valence-electron chi connectivity index (χ2n) is 4.05. The molecular weight excluding hydrogens is 236 g/mol. The van der Waals surface area contributed by atoms with E-state index in [1.54, 1.807) is 12.4 Å². The normalized spacial score (nSPS) is 14.8. The minimum Gasteiger partial charge on any atom is -0.477 e. The number of aromatic nitrogens is 2. The molecule has 0 aromatic carbocycles. The molecule has 86 valence electrons. The zero-order valence-electron chi connectivity index (χ0n) is 8.96. The van der Waals surface area contributed by atoms with Crippen LogP contribution in [0.4, 0.5) is 0 Å². The van der Waals surface area contributed by atoms with Crippen LogP contribution in [-0.2, 0) is 0 Å². The molecule has 0 amide bonds. The van der Waals surface area contributed by atoms with Gasteiger partial charge in [0.1, 0.15) is 9.88 Å². The third kappa shape index (κ3) is 1.93. The molecule has 2 heterocycles. The maximum Gasteiger partial charge on any atom is 0.347 e. The third-order valence-electron chi connectivity index (χ3n) is 2.74. The van der Waals surface area contributed by atoms with Crippen LogP contribution in [0.3, 0.4) is 0 Å². The zero-order valence-corrected chi connectivity index (χ0v) is 9.78. The Balaban J connectivity index is 2.07. The second kappa shape index (κ2) is 3.92. The van der Waals surface area contributed by atoms with Crippen molar-refractivity contribution in [3.05, 3.63) is 35.1 Å². The van der Waals surface area contributed by atoms with Crippen LogP contribution < -0.4 is 0 Å². The second-order valence-corrected chi connectivity index (χ2v) is 5.05. The fraction of sp³-hybridized carbons (Fsp3) is 0.250. The summed E-state index contributed by atoms with van der Waals surface area (Å²) < 4.78 is 0. The maximum atomic E-state index is 11.2.